The molecule has 20 heavy (non-hydrogen) atoms. The van der Waals surface area contributed by atoms with E-state index < -0.39 is 10.8 Å². The van der Waals surface area contributed by atoms with Gasteiger partial charge in [-0.15, -0.1) is 6.58 Å². The number of aryl methyl sites for hydroxylation is 2. The maximum Gasteiger partial charge on any atom is 0.0849 e. The minimum absolute atomic E-state index is 0.0887. The summed E-state index contributed by atoms with van der Waals surface area (Å²) >= 11 is 0. The molecule has 0 aliphatic heterocycles. The third-order valence-electron chi connectivity index (χ3n) is 3.31. The maximum absolute atomic E-state index is 12.6. The zero-order chi connectivity index (χ0) is 14.5. The lowest BCUT2D eigenvalue weighted by Gasteiger charge is -2.17. The SMILES string of the molecule is C=CCS(=O)C(c1ccc(C)cc1)c1ccc(C)cc1. The lowest BCUT2D eigenvalue weighted by Crippen LogP contribution is -2.10. The molecule has 2 aromatic rings. The Kier molecular flexibility index (Phi) is 4.91. The number of benzene rings is 2. The summed E-state index contributed by atoms with van der Waals surface area (Å²) < 4.78 is 12.6. The van der Waals surface area contributed by atoms with Crippen LogP contribution >= 0.6 is 0 Å². The molecule has 104 valence electrons. The summed E-state index contributed by atoms with van der Waals surface area (Å²) in [5.41, 5.74) is 4.62. The molecular formula is C18H20OS. The smallest absolute Gasteiger partial charge is 0.0849 e. The minimum atomic E-state index is -0.991. The van der Waals surface area contributed by atoms with Crippen LogP contribution < -0.4 is 0 Å². The number of rotatable bonds is 5. The molecule has 0 fully saturated rings. The Morgan fingerprint density at radius 3 is 1.70 bits per heavy atom. The fourth-order valence-electron chi connectivity index (χ4n) is 2.19. The van der Waals surface area contributed by atoms with Gasteiger partial charge in [-0.2, -0.15) is 0 Å². The van der Waals surface area contributed by atoms with Crippen molar-refractivity contribution in [1.82, 2.24) is 0 Å². The van der Waals surface area contributed by atoms with Crippen LogP contribution in [-0.2, 0) is 10.8 Å². The lowest BCUT2D eigenvalue weighted by atomic mass is 10.0. The third kappa shape index (κ3) is 3.45. The molecular weight excluding hydrogens is 264 g/mol. The van der Waals surface area contributed by atoms with Crippen LogP contribution in [0.2, 0.25) is 0 Å². The van der Waals surface area contributed by atoms with Crippen LogP contribution in [0.25, 0.3) is 0 Å². The van der Waals surface area contributed by atoms with E-state index in [4.69, 9.17) is 0 Å². The first-order valence-corrected chi connectivity index (χ1v) is 8.11. The molecule has 0 N–H and O–H groups in total. The van der Waals surface area contributed by atoms with Gasteiger partial charge >= 0.3 is 0 Å². The molecule has 1 atom stereocenters. The molecule has 0 radical (unpaired) electrons. The van der Waals surface area contributed by atoms with Crippen LogP contribution in [0.15, 0.2) is 61.2 Å². The van der Waals surface area contributed by atoms with Gasteiger partial charge in [-0.05, 0) is 25.0 Å². The first-order valence-electron chi connectivity index (χ1n) is 6.73. The first kappa shape index (κ1) is 14.7. The molecule has 0 spiro atoms. The van der Waals surface area contributed by atoms with E-state index in [1.165, 1.54) is 11.1 Å². The summed E-state index contributed by atoms with van der Waals surface area (Å²) in [7, 11) is -0.991. The van der Waals surface area contributed by atoms with Crippen molar-refractivity contribution in [2.75, 3.05) is 5.75 Å². The van der Waals surface area contributed by atoms with Gasteiger partial charge in [0.1, 0.15) is 0 Å². The van der Waals surface area contributed by atoms with Crippen LogP contribution in [0.3, 0.4) is 0 Å². The molecule has 0 bridgehead atoms. The standard InChI is InChI=1S/C18H20OS/c1-4-13-20(19)18(16-9-5-14(2)6-10-16)17-11-7-15(3)8-12-17/h4-12,18H,1,13H2,2-3H3. The predicted molar refractivity (Wildman–Crippen MR) is 87.4 cm³/mol. The second kappa shape index (κ2) is 6.67. The monoisotopic (exact) mass is 284 g/mol. The molecule has 1 unspecified atom stereocenters. The van der Waals surface area contributed by atoms with Crippen molar-refractivity contribution in [3.05, 3.63) is 83.4 Å². The maximum atomic E-state index is 12.6. The van der Waals surface area contributed by atoms with Gasteiger partial charge in [0, 0.05) is 16.6 Å². The fourth-order valence-corrected chi connectivity index (χ4v) is 3.54. The van der Waals surface area contributed by atoms with Crippen molar-refractivity contribution in [3.8, 4) is 0 Å². The molecule has 0 aromatic heterocycles. The van der Waals surface area contributed by atoms with E-state index in [0.29, 0.717) is 5.75 Å². The Labute approximate surface area is 123 Å². The van der Waals surface area contributed by atoms with Crippen LogP contribution in [0, 0.1) is 13.8 Å². The second-order valence-corrected chi connectivity index (χ2v) is 6.60. The van der Waals surface area contributed by atoms with Gasteiger partial charge in [-0.3, -0.25) is 4.21 Å². The average molecular weight is 284 g/mol. The summed E-state index contributed by atoms with van der Waals surface area (Å²) in [6.45, 7) is 7.83. The molecule has 2 rings (SSSR count). The van der Waals surface area contributed by atoms with Gasteiger partial charge in [0.15, 0.2) is 0 Å². The highest BCUT2D eigenvalue weighted by Crippen LogP contribution is 2.29. The van der Waals surface area contributed by atoms with E-state index in [1.807, 2.05) is 0 Å². The van der Waals surface area contributed by atoms with E-state index in [1.54, 1.807) is 6.08 Å². The first-order chi connectivity index (χ1) is 9.61. The van der Waals surface area contributed by atoms with Gasteiger partial charge in [-0.25, -0.2) is 0 Å². The van der Waals surface area contributed by atoms with Crippen molar-refractivity contribution in [3.63, 3.8) is 0 Å². The molecule has 1 nitrogen and oxygen atoms in total. The van der Waals surface area contributed by atoms with Gasteiger partial charge in [-0.1, -0.05) is 65.7 Å². The van der Waals surface area contributed by atoms with Gasteiger partial charge < -0.3 is 0 Å². The normalized spacial score (nSPS) is 12.3. The molecule has 0 amide bonds. The van der Waals surface area contributed by atoms with Gasteiger partial charge in [0.25, 0.3) is 0 Å². The van der Waals surface area contributed by atoms with Crippen molar-refractivity contribution in [2.24, 2.45) is 0 Å². The number of hydrogen-bond acceptors (Lipinski definition) is 1. The van der Waals surface area contributed by atoms with Crippen molar-refractivity contribution in [2.45, 2.75) is 19.1 Å². The summed E-state index contributed by atoms with van der Waals surface area (Å²) in [5.74, 6) is 0.506. The Morgan fingerprint density at radius 2 is 1.35 bits per heavy atom. The fraction of sp³-hybridized carbons (Fsp3) is 0.222. The zero-order valence-corrected chi connectivity index (χ0v) is 12.8. The van der Waals surface area contributed by atoms with Crippen molar-refractivity contribution >= 4 is 10.8 Å². The van der Waals surface area contributed by atoms with E-state index >= 15 is 0 Å². The molecule has 0 aliphatic carbocycles. The largest absolute Gasteiger partial charge is 0.258 e. The summed E-state index contributed by atoms with van der Waals surface area (Å²) in [6.07, 6.45) is 1.73. The van der Waals surface area contributed by atoms with Crippen LogP contribution in [-0.4, -0.2) is 9.96 Å². The topological polar surface area (TPSA) is 17.1 Å². The summed E-state index contributed by atoms with van der Waals surface area (Å²) in [6, 6.07) is 16.6. The molecule has 0 saturated carbocycles. The van der Waals surface area contributed by atoms with Crippen LogP contribution in [0.5, 0.6) is 0 Å². The molecule has 2 heteroatoms. The minimum Gasteiger partial charge on any atom is -0.258 e. The molecule has 0 heterocycles. The van der Waals surface area contributed by atoms with Crippen molar-refractivity contribution < 1.29 is 4.21 Å². The lowest BCUT2D eigenvalue weighted by molar-refractivity contribution is 0.680. The molecule has 0 aliphatic rings. The Hall–Kier alpha value is -1.67. The van der Waals surface area contributed by atoms with E-state index in [-0.39, 0.29) is 5.25 Å². The second-order valence-electron chi connectivity index (χ2n) is 5.04. The Morgan fingerprint density at radius 1 is 0.950 bits per heavy atom. The van der Waals surface area contributed by atoms with Gasteiger partial charge in [0.2, 0.25) is 0 Å². The van der Waals surface area contributed by atoms with E-state index in [2.05, 4.69) is 69.0 Å². The summed E-state index contributed by atoms with van der Waals surface area (Å²) in [5, 5.41) is -0.0887. The summed E-state index contributed by atoms with van der Waals surface area (Å²) in [4.78, 5) is 0. The van der Waals surface area contributed by atoms with E-state index in [0.717, 1.165) is 11.1 Å². The van der Waals surface area contributed by atoms with Crippen molar-refractivity contribution in [1.29, 1.82) is 0 Å². The Bertz CT molecular complexity index is 551. The highest BCUT2D eigenvalue weighted by Gasteiger charge is 2.20. The predicted octanol–water partition coefficient (Wildman–Crippen LogP) is 4.33. The quantitative estimate of drug-likeness (QED) is 0.747. The van der Waals surface area contributed by atoms with Gasteiger partial charge in [0.05, 0.1) is 5.25 Å². The average Bonchev–Trinajstić information content (AvgIpc) is 2.44. The highest BCUT2D eigenvalue weighted by atomic mass is 32.2. The van der Waals surface area contributed by atoms with Crippen LogP contribution in [0.4, 0.5) is 0 Å². The Balaban J connectivity index is 2.43. The molecule has 2 aromatic carbocycles. The molecule has 0 saturated heterocycles. The van der Waals surface area contributed by atoms with E-state index in [9.17, 15) is 4.21 Å². The highest BCUT2D eigenvalue weighted by molar-refractivity contribution is 7.85. The van der Waals surface area contributed by atoms with Crippen LogP contribution in [0.1, 0.15) is 27.5 Å². The number of hydrogen-bond donors (Lipinski definition) is 0. The zero-order valence-electron chi connectivity index (χ0n) is 12.0. The third-order valence-corrected chi connectivity index (χ3v) is 4.94.